The van der Waals surface area contributed by atoms with Crippen molar-refractivity contribution in [3.8, 4) is 0 Å². The summed E-state index contributed by atoms with van der Waals surface area (Å²) in [5, 5.41) is 12.6. The lowest BCUT2D eigenvalue weighted by Gasteiger charge is -2.27. The van der Waals surface area contributed by atoms with Crippen LogP contribution in [0.1, 0.15) is 18.5 Å². The minimum absolute atomic E-state index is 0.0249. The van der Waals surface area contributed by atoms with Gasteiger partial charge in [0.25, 0.3) is 11.8 Å². The number of fused-ring (bicyclic) bond motifs is 1. The van der Waals surface area contributed by atoms with Crippen molar-refractivity contribution in [2.75, 3.05) is 6.54 Å². The largest absolute Gasteiger partial charge is 0.480 e. The summed E-state index contributed by atoms with van der Waals surface area (Å²) >= 11 is 5.02. The highest BCUT2D eigenvalue weighted by atomic mass is 32.1. The Morgan fingerprint density at radius 3 is 2.78 bits per heavy atom. The molecule has 2 N–H and O–H groups in total. The van der Waals surface area contributed by atoms with Crippen molar-refractivity contribution >= 4 is 52.1 Å². The second kappa shape index (κ2) is 7.16. The molecule has 1 aromatic carbocycles. The number of rotatable bonds is 5. The van der Waals surface area contributed by atoms with E-state index in [2.05, 4.69) is 11.9 Å². The van der Waals surface area contributed by atoms with Crippen LogP contribution in [0.25, 0.3) is 17.0 Å². The van der Waals surface area contributed by atoms with Crippen molar-refractivity contribution in [2.24, 2.45) is 0 Å². The molecule has 138 valence electrons. The van der Waals surface area contributed by atoms with Crippen LogP contribution >= 0.6 is 12.2 Å². The van der Waals surface area contributed by atoms with Crippen molar-refractivity contribution < 1.29 is 19.5 Å². The summed E-state index contributed by atoms with van der Waals surface area (Å²) < 4.78 is 1.65. The maximum absolute atomic E-state index is 12.6. The van der Waals surface area contributed by atoms with E-state index in [0.29, 0.717) is 5.56 Å². The first-order chi connectivity index (χ1) is 12.8. The summed E-state index contributed by atoms with van der Waals surface area (Å²) in [4.78, 5) is 37.2. The van der Waals surface area contributed by atoms with Gasteiger partial charge in [0, 0.05) is 23.6 Å². The van der Waals surface area contributed by atoms with Gasteiger partial charge in [-0.25, -0.2) is 4.79 Å². The van der Waals surface area contributed by atoms with Crippen molar-refractivity contribution in [1.29, 1.82) is 0 Å². The van der Waals surface area contributed by atoms with E-state index in [-0.39, 0.29) is 17.2 Å². The number of nitrogens with one attached hydrogen (secondary N) is 1. The van der Waals surface area contributed by atoms with Gasteiger partial charge in [-0.2, -0.15) is 0 Å². The van der Waals surface area contributed by atoms with E-state index in [1.54, 1.807) is 42.0 Å². The van der Waals surface area contributed by atoms with Crippen molar-refractivity contribution in [3.63, 3.8) is 0 Å². The van der Waals surface area contributed by atoms with Crippen LogP contribution in [-0.4, -0.2) is 44.0 Å². The number of aromatic nitrogens is 1. The van der Waals surface area contributed by atoms with Crippen LogP contribution in [0.2, 0.25) is 0 Å². The highest BCUT2D eigenvalue weighted by molar-refractivity contribution is 7.80. The number of amides is 2. The van der Waals surface area contributed by atoms with Gasteiger partial charge in [-0.05, 0) is 49.0 Å². The van der Waals surface area contributed by atoms with Gasteiger partial charge in [-0.15, -0.1) is 6.58 Å². The predicted octanol–water partition coefficient (Wildman–Crippen LogP) is 2.10. The summed E-state index contributed by atoms with van der Waals surface area (Å²) in [6, 6.07) is 6.37. The number of carboxylic acid groups (broad SMARTS) is 1. The zero-order chi connectivity index (χ0) is 19.7. The Kier molecular flexibility index (Phi) is 4.91. The number of carboxylic acids is 1. The first-order valence-corrected chi connectivity index (χ1v) is 8.57. The van der Waals surface area contributed by atoms with Crippen molar-refractivity contribution in [2.45, 2.75) is 13.0 Å². The average Bonchev–Trinajstić information content (AvgIpc) is 3.04. The van der Waals surface area contributed by atoms with E-state index in [4.69, 9.17) is 12.2 Å². The monoisotopic (exact) mass is 383 g/mol. The van der Waals surface area contributed by atoms with Crippen LogP contribution in [0.4, 0.5) is 0 Å². The molecular formula is C19H17N3O4S. The van der Waals surface area contributed by atoms with Crippen LogP contribution in [-0.2, 0) is 14.4 Å². The summed E-state index contributed by atoms with van der Waals surface area (Å²) in [6.07, 6.45) is 4.72. The zero-order valence-corrected chi connectivity index (χ0v) is 15.3. The Labute approximate surface area is 160 Å². The van der Waals surface area contributed by atoms with E-state index >= 15 is 0 Å². The topological polar surface area (TPSA) is 91.6 Å². The first-order valence-electron chi connectivity index (χ1n) is 8.16. The molecule has 1 aliphatic rings. The number of hydrogen-bond donors (Lipinski definition) is 2. The Hall–Kier alpha value is -3.26. The molecule has 8 heteroatoms. The van der Waals surface area contributed by atoms with Crippen LogP contribution in [0.5, 0.6) is 0 Å². The second-order valence-corrected chi connectivity index (χ2v) is 6.46. The molecule has 0 aliphatic carbocycles. The lowest BCUT2D eigenvalue weighted by molar-refractivity contribution is -0.140. The minimum atomic E-state index is -0.929. The summed E-state index contributed by atoms with van der Waals surface area (Å²) in [6.45, 7) is 5.38. The molecule has 1 aliphatic heterocycles. The normalized spacial score (nSPS) is 17.3. The molecule has 0 bridgehead atoms. The summed E-state index contributed by atoms with van der Waals surface area (Å²) in [5.74, 6) is -1.97. The number of benzene rings is 1. The molecule has 27 heavy (non-hydrogen) atoms. The first kappa shape index (κ1) is 18.5. The zero-order valence-electron chi connectivity index (χ0n) is 14.5. The Morgan fingerprint density at radius 1 is 1.37 bits per heavy atom. The number of carbonyl (C=O) groups is 3. The van der Waals surface area contributed by atoms with E-state index in [1.165, 1.54) is 17.1 Å². The highest BCUT2D eigenvalue weighted by Gasteiger charge is 2.32. The maximum Gasteiger partial charge on any atom is 0.326 e. The van der Waals surface area contributed by atoms with Gasteiger partial charge in [-0.1, -0.05) is 12.1 Å². The molecule has 0 radical (unpaired) electrons. The highest BCUT2D eigenvalue weighted by Crippen LogP contribution is 2.23. The van der Waals surface area contributed by atoms with E-state index in [9.17, 15) is 19.5 Å². The maximum atomic E-state index is 12.6. The number of nitrogens with zero attached hydrogens (tertiary/aromatic N) is 2. The Balaban J connectivity index is 1.98. The SMILES string of the molecule is C=CCN1C(=O)/C(=C\c2ccc3c(ccn3[C@H](C)C(=O)O)c2)C(=O)NC1=S. The van der Waals surface area contributed by atoms with E-state index < -0.39 is 23.8 Å². The molecule has 2 aromatic rings. The van der Waals surface area contributed by atoms with Crippen molar-refractivity contribution in [3.05, 3.63) is 54.3 Å². The predicted molar refractivity (Wildman–Crippen MR) is 105 cm³/mol. The number of hydrogen-bond acceptors (Lipinski definition) is 4. The second-order valence-electron chi connectivity index (χ2n) is 6.08. The van der Waals surface area contributed by atoms with Crippen LogP contribution < -0.4 is 5.32 Å². The lowest BCUT2D eigenvalue weighted by Crippen LogP contribution is -2.53. The van der Waals surface area contributed by atoms with Gasteiger partial charge in [0.1, 0.15) is 11.6 Å². The standard InChI is InChI=1S/C19H17N3O4S/c1-3-7-22-17(24)14(16(23)20-19(22)27)10-12-4-5-15-13(9-12)6-8-21(15)11(2)18(25)26/h3-6,8-11H,1,7H2,2H3,(H,25,26)(H,20,23,27)/b14-10-/t11-/m1/s1. The van der Waals surface area contributed by atoms with Crippen LogP contribution in [0, 0.1) is 0 Å². The third kappa shape index (κ3) is 3.39. The molecule has 2 heterocycles. The molecule has 1 atom stereocenters. The third-order valence-corrected chi connectivity index (χ3v) is 4.65. The molecular weight excluding hydrogens is 366 g/mol. The Morgan fingerprint density at radius 2 is 2.11 bits per heavy atom. The van der Waals surface area contributed by atoms with Crippen LogP contribution in [0.15, 0.2) is 48.7 Å². The van der Waals surface area contributed by atoms with E-state index in [1.807, 2.05) is 0 Å². The number of aliphatic carboxylic acids is 1. The lowest BCUT2D eigenvalue weighted by atomic mass is 10.1. The van der Waals surface area contributed by atoms with Gasteiger partial charge in [0.15, 0.2) is 5.11 Å². The van der Waals surface area contributed by atoms with Gasteiger partial charge < -0.3 is 9.67 Å². The molecule has 3 rings (SSSR count). The quantitative estimate of drug-likeness (QED) is 0.357. The van der Waals surface area contributed by atoms with Gasteiger partial charge >= 0.3 is 5.97 Å². The molecule has 1 saturated heterocycles. The fourth-order valence-electron chi connectivity index (χ4n) is 2.88. The van der Waals surface area contributed by atoms with Crippen LogP contribution in [0.3, 0.4) is 0 Å². The smallest absolute Gasteiger partial charge is 0.326 e. The van der Waals surface area contributed by atoms with Crippen molar-refractivity contribution in [1.82, 2.24) is 14.8 Å². The van der Waals surface area contributed by atoms with Gasteiger partial charge in [-0.3, -0.25) is 19.8 Å². The summed E-state index contributed by atoms with van der Waals surface area (Å²) in [7, 11) is 0. The summed E-state index contributed by atoms with van der Waals surface area (Å²) in [5.41, 5.74) is 1.37. The molecule has 0 saturated carbocycles. The third-order valence-electron chi connectivity index (χ3n) is 4.33. The molecule has 1 aromatic heterocycles. The number of thiocarbonyl (C=S) groups is 1. The van der Waals surface area contributed by atoms with Gasteiger partial charge in [0.2, 0.25) is 0 Å². The molecule has 2 amide bonds. The minimum Gasteiger partial charge on any atom is -0.480 e. The molecule has 7 nitrogen and oxygen atoms in total. The Bertz CT molecular complexity index is 1020. The number of carbonyl (C=O) groups excluding carboxylic acids is 2. The molecule has 0 spiro atoms. The average molecular weight is 383 g/mol. The van der Waals surface area contributed by atoms with E-state index in [0.717, 1.165) is 10.9 Å². The van der Waals surface area contributed by atoms with Gasteiger partial charge in [0.05, 0.1) is 0 Å². The molecule has 1 fully saturated rings. The fraction of sp³-hybridized carbons (Fsp3) is 0.158. The fourth-order valence-corrected chi connectivity index (χ4v) is 3.13. The molecule has 0 unspecified atom stereocenters.